The highest BCUT2D eigenvalue weighted by Gasteiger charge is 2.17. The Labute approximate surface area is 89.6 Å². The van der Waals surface area contributed by atoms with Gasteiger partial charge in [-0.15, -0.1) is 0 Å². The molecule has 0 radical (unpaired) electrons. The van der Waals surface area contributed by atoms with E-state index in [0.29, 0.717) is 5.56 Å². The van der Waals surface area contributed by atoms with Crippen molar-refractivity contribution < 1.29 is 9.63 Å². The molecule has 1 aromatic heterocycles. The molecule has 84 valence electrons. The van der Waals surface area contributed by atoms with Crippen LogP contribution in [0.25, 0.3) is 0 Å². The molecule has 0 aliphatic carbocycles. The standard InChI is InChI=1S/C10H17N3O2/c1-5-6-13-8(2)9(7-11-13)10(14)12(3)15-4/h7H,5-6H2,1-4H3. The zero-order valence-electron chi connectivity index (χ0n) is 9.65. The molecule has 0 N–H and O–H groups in total. The van der Waals surface area contributed by atoms with Crippen molar-refractivity contribution in [3.8, 4) is 0 Å². The summed E-state index contributed by atoms with van der Waals surface area (Å²) in [6.07, 6.45) is 2.58. The van der Waals surface area contributed by atoms with E-state index in [4.69, 9.17) is 4.84 Å². The van der Waals surface area contributed by atoms with Crippen molar-refractivity contribution in [3.05, 3.63) is 17.5 Å². The lowest BCUT2D eigenvalue weighted by Crippen LogP contribution is -2.25. The van der Waals surface area contributed by atoms with Gasteiger partial charge in [0, 0.05) is 19.3 Å². The first-order valence-corrected chi connectivity index (χ1v) is 4.96. The van der Waals surface area contributed by atoms with Crippen LogP contribution in [-0.2, 0) is 11.4 Å². The van der Waals surface area contributed by atoms with Crippen LogP contribution in [0.2, 0.25) is 0 Å². The molecule has 0 aliphatic rings. The molecule has 1 amide bonds. The maximum atomic E-state index is 11.8. The second-order valence-electron chi connectivity index (χ2n) is 3.35. The van der Waals surface area contributed by atoms with Crippen molar-refractivity contribution in [2.24, 2.45) is 0 Å². The molecule has 15 heavy (non-hydrogen) atoms. The predicted octanol–water partition coefficient (Wildman–Crippen LogP) is 1.23. The van der Waals surface area contributed by atoms with E-state index in [1.165, 1.54) is 12.2 Å². The van der Waals surface area contributed by atoms with Crippen molar-refractivity contribution in [2.45, 2.75) is 26.8 Å². The fraction of sp³-hybridized carbons (Fsp3) is 0.600. The number of hydrogen-bond acceptors (Lipinski definition) is 3. The molecule has 0 saturated heterocycles. The molecule has 1 heterocycles. The summed E-state index contributed by atoms with van der Waals surface area (Å²) in [5.74, 6) is -0.169. The van der Waals surface area contributed by atoms with Gasteiger partial charge in [0.25, 0.3) is 5.91 Å². The average Bonchev–Trinajstić information content (AvgIpc) is 2.59. The van der Waals surface area contributed by atoms with Crippen LogP contribution in [0.4, 0.5) is 0 Å². The summed E-state index contributed by atoms with van der Waals surface area (Å²) < 4.78 is 1.83. The van der Waals surface area contributed by atoms with Gasteiger partial charge in [-0.2, -0.15) is 5.10 Å². The Balaban J connectivity index is 2.91. The lowest BCUT2D eigenvalue weighted by molar-refractivity contribution is -0.0757. The topological polar surface area (TPSA) is 47.4 Å². The number of nitrogens with zero attached hydrogens (tertiary/aromatic N) is 3. The summed E-state index contributed by atoms with van der Waals surface area (Å²) in [4.78, 5) is 16.6. The first-order valence-electron chi connectivity index (χ1n) is 4.96. The summed E-state index contributed by atoms with van der Waals surface area (Å²) in [6.45, 7) is 4.79. The Hall–Kier alpha value is -1.36. The number of carbonyl (C=O) groups is 1. The van der Waals surface area contributed by atoms with Crippen LogP contribution in [0.3, 0.4) is 0 Å². The van der Waals surface area contributed by atoms with Gasteiger partial charge in [-0.1, -0.05) is 6.92 Å². The molecule has 0 aliphatic heterocycles. The summed E-state index contributed by atoms with van der Waals surface area (Å²) >= 11 is 0. The Bertz CT molecular complexity index is 346. The van der Waals surface area contributed by atoms with Gasteiger partial charge in [0.15, 0.2) is 0 Å². The van der Waals surface area contributed by atoms with E-state index >= 15 is 0 Å². The predicted molar refractivity (Wildman–Crippen MR) is 56.4 cm³/mol. The molecule has 0 saturated carbocycles. The average molecular weight is 211 g/mol. The number of aromatic nitrogens is 2. The molecule has 0 fully saturated rings. The maximum absolute atomic E-state index is 11.8. The largest absolute Gasteiger partial charge is 0.280 e. The first kappa shape index (κ1) is 11.7. The molecule has 0 unspecified atom stereocenters. The van der Waals surface area contributed by atoms with Crippen LogP contribution in [0.15, 0.2) is 6.20 Å². The third-order valence-electron chi connectivity index (χ3n) is 2.33. The van der Waals surface area contributed by atoms with Crippen LogP contribution in [-0.4, -0.2) is 34.9 Å². The second-order valence-corrected chi connectivity index (χ2v) is 3.35. The molecule has 0 atom stereocenters. The Kier molecular flexibility index (Phi) is 3.85. The van der Waals surface area contributed by atoms with Crippen LogP contribution >= 0.6 is 0 Å². The minimum absolute atomic E-state index is 0.169. The van der Waals surface area contributed by atoms with Gasteiger partial charge < -0.3 is 0 Å². The van der Waals surface area contributed by atoms with E-state index in [0.717, 1.165) is 18.7 Å². The third-order valence-corrected chi connectivity index (χ3v) is 2.33. The van der Waals surface area contributed by atoms with Crippen molar-refractivity contribution in [2.75, 3.05) is 14.2 Å². The number of amides is 1. The van der Waals surface area contributed by atoms with Gasteiger partial charge in [0.2, 0.25) is 0 Å². The van der Waals surface area contributed by atoms with Crippen LogP contribution in [0.5, 0.6) is 0 Å². The number of aryl methyl sites for hydroxylation is 1. The molecular formula is C10H17N3O2. The number of hydroxylamine groups is 2. The molecule has 1 aromatic rings. The van der Waals surface area contributed by atoms with Crippen molar-refractivity contribution in [1.82, 2.24) is 14.8 Å². The molecule has 1 rings (SSSR count). The molecule has 5 heteroatoms. The van der Waals surface area contributed by atoms with E-state index < -0.39 is 0 Å². The van der Waals surface area contributed by atoms with E-state index in [1.807, 2.05) is 11.6 Å². The van der Waals surface area contributed by atoms with E-state index in [9.17, 15) is 4.79 Å². The van der Waals surface area contributed by atoms with E-state index in [1.54, 1.807) is 13.2 Å². The van der Waals surface area contributed by atoms with Gasteiger partial charge in [-0.3, -0.25) is 14.3 Å². The van der Waals surface area contributed by atoms with E-state index in [-0.39, 0.29) is 5.91 Å². The minimum Gasteiger partial charge on any atom is -0.274 e. The minimum atomic E-state index is -0.169. The van der Waals surface area contributed by atoms with Crippen LogP contribution in [0, 0.1) is 6.92 Å². The van der Waals surface area contributed by atoms with Gasteiger partial charge in [-0.05, 0) is 13.3 Å². The van der Waals surface area contributed by atoms with Gasteiger partial charge in [0.05, 0.1) is 18.9 Å². The summed E-state index contributed by atoms with van der Waals surface area (Å²) in [6, 6.07) is 0. The van der Waals surface area contributed by atoms with Crippen molar-refractivity contribution >= 4 is 5.91 Å². The summed E-state index contributed by atoms with van der Waals surface area (Å²) in [5, 5.41) is 5.35. The summed E-state index contributed by atoms with van der Waals surface area (Å²) in [7, 11) is 3.04. The van der Waals surface area contributed by atoms with Gasteiger partial charge >= 0.3 is 0 Å². The molecular weight excluding hydrogens is 194 g/mol. The highest BCUT2D eigenvalue weighted by molar-refractivity contribution is 5.94. The zero-order valence-corrected chi connectivity index (χ0v) is 9.65. The van der Waals surface area contributed by atoms with Crippen molar-refractivity contribution in [1.29, 1.82) is 0 Å². The Morgan fingerprint density at radius 1 is 1.67 bits per heavy atom. The number of hydrogen-bond donors (Lipinski definition) is 0. The number of carbonyl (C=O) groups excluding carboxylic acids is 1. The Morgan fingerprint density at radius 2 is 2.33 bits per heavy atom. The zero-order chi connectivity index (χ0) is 11.4. The summed E-state index contributed by atoms with van der Waals surface area (Å²) in [5.41, 5.74) is 1.47. The van der Waals surface area contributed by atoms with Crippen LogP contribution < -0.4 is 0 Å². The highest BCUT2D eigenvalue weighted by Crippen LogP contribution is 2.10. The number of rotatable bonds is 4. The molecule has 0 bridgehead atoms. The fourth-order valence-electron chi connectivity index (χ4n) is 1.35. The highest BCUT2D eigenvalue weighted by atomic mass is 16.7. The monoisotopic (exact) mass is 211 g/mol. The van der Waals surface area contributed by atoms with Crippen molar-refractivity contribution in [3.63, 3.8) is 0 Å². The Morgan fingerprint density at radius 3 is 2.87 bits per heavy atom. The lowest BCUT2D eigenvalue weighted by atomic mass is 10.2. The normalized spacial score (nSPS) is 10.4. The lowest BCUT2D eigenvalue weighted by Gasteiger charge is -2.13. The van der Waals surface area contributed by atoms with Crippen LogP contribution in [0.1, 0.15) is 29.4 Å². The smallest absolute Gasteiger partial charge is 0.274 e. The molecule has 0 spiro atoms. The SMILES string of the molecule is CCCn1ncc(C(=O)N(C)OC)c1C. The van der Waals surface area contributed by atoms with Gasteiger partial charge in [0.1, 0.15) is 0 Å². The fourth-order valence-corrected chi connectivity index (χ4v) is 1.35. The molecule has 5 nitrogen and oxygen atoms in total. The molecule has 0 aromatic carbocycles. The third kappa shape index (κ3) is 2.36. The second kappa shape index (κ2) is 4.93. The quantitative estimate of drug-likeness (QED) is 0.704. The maximum Gasteiger partial charge on any atom is 0.280 e. The van der Waals surface area contributed by atoms with Gasteiger partial charge in [-0.25, -0.2) is 5.06 Å². The first-order chi connectivity index (χ1) is 7.11. The van der Waals surface area contributed by atoms with E-state index in [2.05, 4.69) is 12.0 Å².